The Morgan fingerprint density at radius 3 is 2.17 bits per heavy atom. The number of hydrogen-bond acceptors (Lipinski definition) is 3. The molecule has 0 spiro atoms. The number of rotatable bonds is 2. The Kier molecular flexibility index (Phi) is 3.36. The number of piperazine rings is 1. The Balaban J connectivity index is 1.28. The second kappa shape index (κ2) is 5.47. The van der Waals surface area contributed by atoms with Crippen LogP contribution in [0, 0.1) is 23.2 Å². The first-order chi connectivity index (χ1) is 11.7. The van der Waals surface area contributed by atoms with Gasteiger partial charge in [-0.15, -0.1) is 0 Å². The summed E-state index contributed by atoms with van der Waals surface area (Å²) < 4.78 is 0. The maximum Gasteiger partial charge on any atom is 0.228 e. The molecule has 4 nitrogen and oxygen atoms in total. The van der Waals surface area contributed by atoms with Crippen molar-refractivity contribution in [3.63, 3.8) is 0 Å². The van der Waals surface area contributed by atoms with Gasteiger partial charge in [0.2, 0.25) is 5.91 Å². The monoisotopic (exact) mass is 325 g/mol. The van der Waals surface area contributed by atoms with Gasteiger partial charge in [0.25, 0.3) is 0 Å². The van der Waals surface area contributed by atoms with Gasteiger partial charge in [-0.05, 0) is 68.4 Å². The third-order valence-corrected chi connectivity index (χ3v) is 7.07. The molecule has 1 saturated heterocycles. The first-order valence-electron chi connectivity index (χ1n) is 9.66. The van der Waals surface area contributed by atoms with Crippen LogP contribution in [0.1, 0.15) is 38.5 Å². The van der Waals surface area contributed by atoms with Crippen molar-refractivity contribution in [1.29, 1.82) is 0 Å². The Morgan fingerprint density at radius 2 is 1.62 bits per heavy atom. The fourth-order valence-electron chi connectivity index (χ4n) is 6.42. The predicted molar refractivity (Wildman–Crippen MR) is 93.6 cm³/mol. The molecule has 1 aliphatic heterocycles. The lowest BCUT2D eigenvalue weighted by molar-refractivity contribution is -0.158. The van der Waals surface area contributed by atoms with Crippen molar-refractivity contribution in [2.24, 2.45) is 23.2 Å². The predicted octanol–water partition coefficient (Wildman–Crippen LogP) is 2.95. The van der Waals surface area contributed by atoms with Crippen LogP contribution in [-0.4, -0.2) is 42.0 Å². The van der Waals surface area contributed by atoms with Crippen molar-refractivity contribution >= 4 is 11.6 Å². The molecule has 24 heavy (non-hydrogen) atoms. The minimum absolute atomic E-state index is 0.0191. The highest BCUT2D eigenvalue weighted by atomic mass is 16.2. The second-order valence-corrected chi connectivity index (χ2v) is 8.69. The SMILES string of the molecule is O=C(N1CCN(c2cccnc2)CC1)C12CC3CC(CC(C3)C1)C2. The fraction of sp³-hybridized carbons (Fsp3) is 0.700. The van der Waals surface area contributed by atoms with E-state index in [0.717, 1.165) is 43.9 Å². The van der Waals surface area contributed by atoms with Gasteiger partial charge in [-0.25, -0.2) is 0 Å². The minimum Gasteiger partial charge on any atom is -0.367 e. The summed E-state index contributed by atoms with van der Waals surface area (Å²) in [5, 5.41) is 0. The summed E-state index contributed by atoms with van der Waals surface area (Å²) in [5.74, 6) is 3.03. The van der Waals surface area contributed by atoms with Crippen molar-refractivity contribution < 1.29 is 4.79 Å². The molecule has 0 aromatic carbocycles. The van der Waals surface area contributed by atoms with E-state index in [9.17, 15) is 4.79 Å². The molecule has 4 bridgehead atoms. The Hall–Kier alpha value is -1.58. The molecule has 2 heterocycles. The lowest BCUT2D eigenvalue weighted by Crippen LogP contribution is -2.58. The summed E-state index contributed by atoms with van der Waals surface area (Å²) in [6, 6.07) is 4.10. The fourth-order valence-corrected chi connectivity index (χ4v) is 6.42. The molecule has 0 unspecified atom stereocenters. The Bertz CT molecular complexity index is 586. The highest BCUT2D eigenvalue weighted by Gasteiger charge is 2.55. The number of anilines is 1. The first-order valence-corrected chi connectivity index (χ1v) is 9.66. The van der Waals surface area contributed by atoms with Gasteiger partial charge in [-0.3, -0.25) is 9.78 Å². The molecule has 5 aliphatic rings. The van der Waals surface area contributed by atoms with Crippen LogP contribution >= 0.6 is 0 Å². The van der Waals surface area contributed by atoms with Gasteiger partial charge in [-0.2, -0.15) is 0 Å². The van der Waals surface area contributed by atoms with Gasteiger partial charge in [0.1, 0.15) is 0 Å². The molecule has 4 aliphatic carbocycles. The van der Waals surface area contributed by atoms with Gasteiger partial charge in [-0.1, -0.05) is 0 Å². The van der Waals surface area contributed by atoms with Gasteiger partial charge in [0, 0.05) is 32.4 Å². The molecule has 5 fully saturated rings. The van der Waals surface area contributed by atoms with Crippen molar-refractivity contribution in [2.75, 3.05) is 31.1 Å². The number of aromatic nitrogens is 1. The van der Waals surface area contributed by atoms with Crippen molar-refractivity contribution in [3.8, 4) is 0 Å². The third-order valence-electron chi connectivity index (χ3n) is 7.07. The van der Waals surface area contributed by atoms with E-state index in [1.165, 1.54) is 44.2 Å². The third kappa shape index (κ3) is 2.34. The molecular weight excluding hydrogens is 298 g/mol. The normalized spacial score (nSPS) is 37.8. The highest BCUT2D eigenvalue weighted by molar-refractivity contribution is 5.83. The highest BCUT2D eigenvalue weighted by Crippen LogP contribution is 2.60. The average molecular weight is 325 g/mol. The van der Waals surface area contributed by atoms with Crippen LogP contribution < -0.4 is 4.90 Å². The number of pyridine rings is 1. The lowest BCUT2D eigenvalue weighted by atomic mass is 9.49. The molecule has 0 atom stereocenters. The van der Waals surface area contributed by atoms with E-state index < -0.39 is 0 Å². The van der Waals surface area contributed by atoms with Crippen LogP contribution in [0.2, 0.25) is 0 Å². The summed E-state index contributed by atoms with van der Waals surface area (Å²) in [4.78, 5) is 22.1. The summed E-state index contributed by atoms with van der Waals surface area (Å²) in [6.45, 7) is 3.61. The second-order valence-electron chi connectivity index (χ2n) is 8.69. The van der Waals surface area contributed by atoms with E-state index in [4.69, 9.17) is 0 Å². The molecule has 6 rings (SSSR count). The maximum absolute atomic E-state index is 13.4. The molecule has 1 aromatic heterocycles. The van der Waals surface area contributed by atoms with E-state index in [-0.39, 0.29) is 5.41 Å². The van der Waals surface area contributed by atoms with Crippen LogP contribution in [-0.2, 0) is 4.79 Å². The lowest BCUT2D eigenvalue weighted by Gasteiger charge is -2.57. The summed E-state index contributed by atoms with van der Waals surface area (Å²) in [6.07, 6.45) is 11.5. The van der Waals surface area contributed by atoms with E-state index in [1.54, 1.807) is 0 Å². The summed E-state index contributed by atoms with van der Waals surface area (Å²) >= 11 is 0. The molecule has 4 heteroatoms. The van der Waals surface area contributed by atoms with Crippen LogP contribution in [0.25, 0.3) is 0 Å². The van der Waals surface area contributed by atoms with Crippen LogP contribution in [0.15, 0.2) is 24.5 Å². The largest absolute Gasteiger partial charge is 0.367 e. The zero-order valence-electron chi connectivity index (χ0n) is 14.4. The number of carbonyl (C=O) groups excluding carboxylic acids is 1. The number of hydrogen-bond donors (Lipinski definition) is 0. The average Bonchev–Trinajstić information content (AvgIpc) is 2.61. The van der Waals surface area contributed by atoms with Crippen LogP contribution in [0.5, 0.6) is 0 Å². The van der Waals surface area contributed by atoms with Crippen molar-refractivity contribution in [1.82, 2.24) is 9.88 Å². The number of amides is 1. The quantitative estimate of drug-likeness (QED) is 0.839. The molecule has 4 saturated carbocycles. The first kappa shape index (κ1) is 14.7. The van der Waals surface area contributed by atoms with Gasteiger partial charge >= 0.3 is 0 Å². The van der Waals surface area contributed by atoms with Crippen molar-refractivity contribution in [2.45, 2.75) is 38.5 Å². The molecule has 1 aromatic rings. The van der Waals surface area contributed by atoms with Crippen molar-refractivity contribution in [3.05, 3.63) is 24.5 Å². The topological polar surface area (TPSA) is 36.4 Å². The Morgan fingerprint density at radius 1 is 1.00 bits per heavy atom. The van der Waals surface area contributed by atoms with Crippen LogP contribution in [0.3, 0.4) is 0 Å². The van der Waals surface area contributed by atoms with Gasteiger partial charge in [0.15, 0.2) is 0 Å². The number of nitrogens with zero attached hydrogens (tertiary/aromatic N) is 3. The minimum atomic E-state index is 0.0191. The summed E-state index contributed by atoms with van der Waals surface area (Å²) in [7, 11) is 0. The van der Waals surface area contributed by atoms with Gasteiger partial charge < -0.3 is 9.80 Å². The summed E-state index contributed by atoms with van der Waals surface area (Å²) in [5.41, 5.74) is 1.20. The molecule has 0 N–H and O–H groups in total. The van der Waals surface area contributed by atoms with Crippen LogP contribution in [0.4, 0.5) is 5.69 Å². The Labute approximate surface area is 144 Å². The zero-order valence-corrected chi connectivity index (χ0v) is 14.4. The van der Waals surface area contributed by atoms with E-state index in [2.05, 4.69) is 20.9 Å². The molecule has 0 radical (unpaired) electrons. The standard InChI is InChI=1S/C20H27N3O/c24-19(20-11-15-8-16(12-20)10-17(9-15)13-20)23-6-4-22(5-7-23)18-2-1-3-21-14-18/h1-3,14-17H,4-13H2. The maximum atomic E-state index is 13.4. The smallest absolute Gasteiger partial charge is 0.228 e. The van der Waals surface area contributed by atoms with E-state index in [1.807, 2.05) is 18.5 Å². The molecule has 128 valence electrons. The zero-order chi connectivity index (χ0) is 16.1. The van der Waals surface area contributed by atoms with E-state index in [0.29, 0.717) is 5.91 Å². The molecular formula is C20H27N3O. The molecule has 1 amide bonds. The van der Waals surface area contributed by atoms with E-state index >= 15 is 0 Å². The van der Waals surface area contributed by atoms with Gasteiger partial charge in [0.05, 0.1) is 17.3 Å². The number of carbonyl (C=O) groups is 1.